The zero-order valence-electron chi connectivity index (χ0n) is 12.1. The summed E-state index contributed by atoms with van der Waals surface area (Å²) in [5, 5.41) is 9.07. The topological polar surface area (TPSA) is 44.1 Å². The van der Waals surface area contributed by atoms with E-state index < -0.39 is 0 Å². The molecule has 0 radical (unpaired) electrons. The van der Waals surface area contributed by atoms with E-state index in [1.54, 1.807) is 31.1 Å². The van der Waals surface area contributed by atoms with Gasteiger partial charge in [0.05, 0.1) is 0 Å². The molecule has 0 aliphatic carbocycles. The smallest absolute Gasteiger partial charge is 0.205 e. The maximum absolute atomic E-state index is 12.2. The number of carbonyl (C=O) groups excluding carboxylic acids is 1. The molecule has 0 unspecified atom stereocenters. The predicted octanol–water partition coefficient (Wildman–Crippen LogP) is 3.51. The fourth-order valence-electron chi connectivity index (χ4n) is 2.00. The summed E-state index contributed by atoms with van der Waals surface area (Å²) < 4.78 is 0. The number of hydrogen-bond acceptors (Lipinski definition) is 3. The quantitative estimate of drug-likeness (QED) is 0.487. The Morgan fingerprint density at radius 2 is 1.57 bits per heavy atom. The van der Waals surface area contributed by atoms with Gasteiger partial charge in [0, 0.05) is 25.9 Å². The van der Waals surface area contributed by atoms with E-state index in [-0.39, 0.29) is 11.4 Å². The van der Waals surface area contributed by atoms with Crippen molar-refractivity contribution in [2.24, 2.45) is 0 Å². The minimum Gasteiger partial charge on any atom is -0.382 e. The van der Waals surface area contributed by atoms with E-state index in [0.717, 1.165) is 11.1 Å². The zero-order chi connectivity index (χ0) is 15.2. The van der Waals surface area contributed by atoms with Crippen LogP contribution in [-0.2, 0) is 0 Å². The molecule has 3 nitrogen and oxygen atoms in total. The summed E-state index contributed by atoms with van der Waals surface area (Å²) in [4.78, 5) is 13.9. The Labute approximate surface area is 124 Å². The van der Waals surface area contributed by atoms with Crippen molar-refractivity contribution >= 4 is 5.78 Å². The fraction of sp³-hybridized carbons (Fsp3) is 0.111. The third-order valence-electron chi connectivity index (χ3n) is 3.01. The van der Waals surface area contributed by atoms with Crippen LogP contribution in [0, 0.1) is 11.3 Å². The molecule has 21 heavy (non-hydrogen) atoms. The lowest BCUT2D eigenvalue weighted by Gasteiger charge is -2.07. The number of nitrogens with zero attached hydrogens (tertiary/aromatic N) is 2. The number of Topliss-reactive ketones (excluding diaryl/α,β-unsaturated/α-hetero) is 1. The first-order valence-corrected chi connectivity index (χ1v) is 6.60. The Morgan fingerprint density at radius 1 is 1.00 bits per heavy atom. The minimum absolute atomic E-state index is 0.132. The Kier molecular flexibility index (Phi) is 4.53. The van der Waals surface area contributed by atoms with Crippen LogP contribution in [0.1, 0.15) is 10.4 Å². The molecule has 0 amide bonds. The van der Waals surface area contributed by atoms with Gasteiger partial charge in [-0.2, -0.15) is 5.26 Å². The van der Waals surface area contributed by atoms with Crippen molar-refractivity contribution < 1.29 is 4.79 Å². The highest BCUT2D eigenvalue weighted by atomic mass is 16.1. The average molecular weight is 276 g/mol. The highest BCUT2D eigenvalue weighted by molar-refractivity contribution is 6.11. The second kappa shape index (κ2) is 6.53. The minimum atomic E-state index is -0.259. The standard InChI is InChI=1S/C18H16N2O/c1-20(2)13-17(12-19)18(21)16-10-8-15(9-11-16)14-6-4-3-5-7-14/h3-11,13H,1-2H3/b17-13-. The molecule has 0 fully saturated rings. The lowest BCUT2D eigenvalue weighted by atomic mass is 10.00. The molecule has 0 saturated carbocycles. The molecule has 0 spiro atoms. The molecule has 0 atom stereocenters. The van der Waals surface area contributed by atoms with Crippen LogP contribution in [0.15, 0.2) is 66.4 Å². The van der Waals surface area contributed by atoms with Gasteiger partial charge in [0.25, 0.3) is 0 Å². The number of hydrogen-bond donors (Lipinski definition) is 0. The van der Waals surface area contributed by atoms with E-state index in [4.69, 9.17) is 5.26 Å². The van der Waals surface area contributed by atoms with Crippen molar-refractivity contribution in [3.05, 3.63) is 71.9 Å². The largest absolute Gasteiger partial charge is 0.382 e. The molecule has 2 aromatic carbocycles. The molecule has 104 valence electrons. The van der Waals surface area contributed by atoms with Crippen LogP contribution in [0.3, 0.4) is 0 Å². The van der Waals surface area contributed by atoms with Gasteiger partial charge in [-0.25, -0.2) is 0 Å². The Hall–Kier alpha value is -2.86. The number of rotatable bonds is 4. The van der Waals surface area contributed by atoms with Gasteiger partial charge < -0.3 is 4.90 Å². The summed E-state index contributed by atoms with van der Waals surface area (Å²) in [7, 11) is 3.56. The van der Waals surface area contributed by atoms with E-state index in [0.29, 0.717) is 5.56 Å². The van der Waals surface area contributed by atoms with E-state index in [2.05, 4.69) is 0 Å². The first kappa shape index (κ1) is 14.5. The monoisotopic (exact) mass is 276 g/mol. The second-order valence-electron chi connectivity index (χ2n) is 4.89. The molecular weight excluding hydrogens is 260 g/mol. The second-order valence-corrected chi connectivity index (χ2v) is 4.89. The van der Waals surface area contributed by atoms with E-state index in [1.165, 1.54) is 6.20 Å². The van der Waals surface area contributed by atoms with E-state index in [9.17, 15) is 4.79 Å². The summed E-state index contributed by atoms with van der Waals surface area (Å²) in [5.74, 6) is -0.259. The molecule has 0 N–H and O–H groups in total. The lowest BCUT2D eigenvalue weighted by Crippen LogP contribution is -2.08. The van der Waals surface area contributed by atoms with Gasteiger partial charge in [0.2, 0.25) is 5.78 Å². The van der Waals surface area contributed by atoms with Gasteiger partial charge in [-0.15, -0.1) is 0 Å². The van der Waals surface area contributed by atoms with E-state index >= 15 is 0 Å². The summed E-state index contributed by atoms with van der Waals surface area (Å²) in [6.45, 7) is 0. The Morgan fingerprint density at radius 3 is 2.10 bits per heavy atom. The fourth-order valence-corrected chi connectivity index (χ4v) is 2.00. The third kappa shape index (κ3) is 3.58. The highest BCUT2D eigenvalue weighted by Crippen LogP contribution is 2.20. The van der Waals surface area contributed by atoms with E-state index in [1.807, 2.05) is 48.5 Å². The van der Waals surface area contributed by atoms with Crippen molar-refractivity contribution in [3.63, 3.8) is 0 Å². The normalized spacial score (nSPS) is 10.8. The Bertz CT molecular complexity index is 692. The van der Waals surface area contributed by atoms with Crippen LogP contribution < -0.4 is 0 Å². The van der Waals surface area contributed by atoms with Crippen LogP contribution in [0.4, 0.5) is 0 Å². The van der Waals surface area contributed by atoms with Gasteiger partial charge in [-0.3, -0.25) is 4.79 Å². The SMILES string of the molecule is CN(C)/C=C(/C#N)C(=O)c1ccc(-c2ccccc2)cc1. The molecule has 2 aromatic rings. The zero-order valence-corrected chi connectivity index (χ0v) is 12.1. The molecule has 0 heterocycles. The van der Waals surface area contributed by atoms with Crippen LogP contribution in [0.25, 0.3) is 11.1 Å². The maximum Gasteiger partial charge on any atom is 0.205 e. The third-order valence-corrected chi connectivity index (χ3v) is 3.01. The summed E-state index contributed by atoms with van der Waals surface area (Å²) in [6, 6.07) is 19.2. The summed E-state index contributed by atoms with van der Waals surface area (Å²) in [5.41, 5.74) is 2.79. The van der Waals surface area contributed by atoms with Gasteiger partial charge >= 0.3 is 0 Å². The maximum atomic E-state index is 12.2. The average Bonchev–Trinajstić information content (AvgIpc) is 2.53. The van der Waals surface area contributed by atoms with Crippen molar-refractivity contribution in [3.8, 4) is 17.2 Å². The molecule has 2 rings (SSSR count). The van der Waals surface area contributed by atoms with Gasteiger partial charge in [-0.1, -0.05) is 54.6 Å². The van der Waals surface area contributed by atoms with Crippen molar-refractivity contribution in [2.75, 3.05) is 14.1 Å². The number of benzene rings is 2. The van der Waals surface area contributed by atoms with Crippen LogP contribution in [-0.4, -0.2) is 24.8 Å². The van der Waals surface area contributed by atoms with Crippen LogP contribution >= 0.6 is 0 Å². The molecule has 0 aromatic heterocycles. The summed E-state index contributed by atoms with van der Waals surface area (Å²) in [6.07, 6.45) is 1.54. The Balaban J connectivity index is 2.27. The predicted molar refractivity (Wildman–Crippen MR) is 83.6 cm³/mol. The molecule has 3 heteroatoms. The van der Waals surface area contributed by atoms with Crippen molar-refractivity contribution in [2.45, 2.75) is 0 Å². The molecule has 0 aliphatic heterocycles. The lowest BCUT2D eigenvalue weighted by molar-refractivity contribution is 0.103. The first-order chi connectivity index (χ1) is 10.1. The highest BCUT2D eigenvalue weighted by Gasteiger charge is 2.12. The summed E-state index contributed by atoms with van der Waals surface area (Å²) >= 11 is 0. The number of carbonyl (C=O) groups is 1. The van der Waals surface area contributed by atoms with Gasteiger partial charge in [0.1, 0.15) is 11.6 Å². The number of nitriles is 1. The number of ketones is 1. The molecular formula is C18H16N2O. The van der Waals surface area contributed by atoms with Crippen LogP contribution in [0.2, 0.25) is 0 Å². The van der Waals surface area contributed by atoms with Gasteiger partial charge in [0.15, 0.2) is 0 Å². The number of allylic oxidation sites excluding steroid dienone is 1. The van der Waals surface area contributed by atoms with Crippen LogP contribution in [0.5, 0.6) is 0 Å². The molecule has 0 saturated heterocycles. The van der Waals surface area contributed by atoms with Gasteiger partial charge in [-0.05, 0) is 11.1 Å². The van der Waals surface area contributed by atoms with Crippen molar-refractivity contribution in [1.82, 2.24) is 4.90 Å². The molecule has 0 bridgehead atoms. The molecule has 0 aliphatic rings. The van der Waals surface area contributed by atoms with Crippen molar-refractivity contribution in [1.29, 1.82) is 5.26 Å². The first-order valence-electron chi connectivity index (χ1n) is 6.60.